The summed E-state index contributed by atoms with van der Waals surface area (Å²) >= 11 is 0. The number of furan rings is 1. The van der Waals surface area contributed by atoms with Crippen LogP contribution in [0.4, 0.5) is 0 Å². The van der Waals surface area contributed by atoms with Gasteiger partial charge in [-0.25, -0.2) is 0 Å². The lowest BCUT2D eigenvalue weighted by molar-refractivity contribution is -0.127. The molecular weight excluding hydrogens is 292 g/mol. The van der Waals surface area contributed by atoms with Crippen molar-refractivity contribution in [1.82, 2.24) is 19.6 Å². The number of amides is 1. The highest BCUT2D eigenvalue weighted by atomic mass is 16.3. The lowest BCUT2D eigenvalue weighted by Crippen LogP contribution is -2.39. The van der Waals surface area contributed by atoms with E-state index in [0.29, 0.717) is 18.4 Å². The van der Waals surface area contributed by atoms with E-state index >= 15 is 0 Å². The Balaban J connectivity index is 1.43. The van der Waals surface area contributed by atoms with E-state index < -0.39 is 0 Å². The van der Waals surface area contributed by atoms with Crippen molar-refractivity contribution in [3.8, 4) is 0 Å². The van der Waals surface area contributed by atoms with Crippen LogP contribution in [-0.4, -0.2) is 45.1 Å². The number of hydrogen-bond donors (Lipinski definition) is 0. The molecule has 23 heavy (non-hydrogen) atoms. The maximum atomic E-state index is 11.8. The number of nitrogens with zero attached hydrogens (tertiary/aromatic N) is 4. The molecule has 0 aromatic carbocycles. The van der Waals surface area contributed by atoms with Gasteiger partial charge in [-0.3, -0.25) is 14.4 Å². The molecule has 0 spiro atoms. The summed E-state index contributed by atoms with van der Waals surface area (Å²) in [6.07, 6.45) is 6.26. The van der Waals surface area contributed by atoms with Crippen molar-refractivity contribution in [3.63, 3.8) is 0 Å². The number of aromatic nitrogens is 2. The van der Waals surface area contributed by atoms with E-state index in [1.165, 1.54) is 5.69 Å². The molecule has 1 fully saturated rings. The Hall–Kier alpha value is -2.08. The van der Waals surface area contributed by atoms with Crippen molar-refractivity contribution < 1.29 is 9.21 Å². The highest BCUT2D eigenvalue weighted by molar-refractivity contribution is 5.77. The molecule has 1 amide bonds. The van der Waals surface area contributed by atoms with Crippen LogP contribution >= 0.6 is 0 Å². The van der Waals surface area contributed by atoms with Gasteiger partial charge in [-0.05, 0) is 31.0 Å². The smallest absolute Gasteiger partial charge is 0.222 e. The molecule has 6 heteroatoms. The Morgan fingerprint density at radius 1 is 1.35 bits per heavy atom. The second kappa shape index (κ2) is 6.20. The van der Waals surface area contributed by atoms with Gasteiger partial charge < -0.3 is 9.32 Å². The second-order valence-corrected chi connectivity index (χ2v) is 6.44. The predicted molar refractivity (Wildman–Crippen MR) is 84.5 cm³/mol. The van der Waals surface area contributed by atoms with Crippen LogP contribution in [0.15, 0.2) is 35.1 Å². The van der Waals surface area contributed by atoms with Crippen LogP contribution in [0, 0.1) is 0 Å². The number of carbonyl (C=O) groups excluding carboxylic acids is 1. The number of rotatable bonds is 5. The van der Waals surface area contributed by atoms with Crippen molar-refractivity contribution in [2.45, 2.75) is 38.4 Å². The summed E-state index contributed by atoms with van der Waals surface area (Å²) < 4.78 is 7.62. The third kappa shape index (κ3) is 3.03. The predicted octanol–water partition coefficient (Wildman–Crippen LogP) is 2.05. The van der Waals surface area contributed by atoms with Gasteiger partial charge in [0.05, 0.1) is 24.5 Å². The summed E-state index contributed by atoms with van der Waals surface area (Å²) in [6, 6.07) is 6.35. The molecular formula is C17H22N4O2. The summed E-state index contributed by atoms with van der Waals surface area (Å²) in [7, 11) is 0. The molecule has 6 nitrogen and oxygen atoms in total. The Bertz CT molecular complexity index is 664. The Morgan fingerprint density at radius 3 is 3.09 bits per heavy atom. The molecule has 2 aromatic heterocycles. The van der Waals surface area contributed by atoms with Gasteiger partial charge in [0.1, 0.15) is 5.76 Å². The first kappa shape index (κ1) is 14.5. The van der Waals surface area contributed by atoms with E-state index in [4.69, 9.17) is 4.42 Å². The molecule has 4 rings (SSSR count). The number of hydrogen-bond acceptors (Lipinski definition) is 4. The lowest BCUT2D eigenvalue weighted by atomic mass is 10.1. The van der Waals surface area contributed by atoms with Crippen molar-refractivity contribution in [2.75, 3.05) is 19.6 Å². The highest BCUT2D eigenvalue weighted by Crippen LogP contribution is 2.25. The third-order valence-electron chi connectivity index (χ3n) is 4.82. The molecule has 122 valence electrons. The van der Waals surface area contributed by atoms with E-state index in [-0.39, 0.29) is 0 Å². The molecule has 2 aliphatic heterocycles. The quantitative estimate of drug-likeness (QED) is 0.847. The van der Waals surface area contributed by atoms with E-state index in [9.17, 15) is 4.79 Å². The monoisotopic (exact) mass is 314 g/mol. The Labute approximate surface area is 135 Å². The normalized spacial score (nSPS) is 21.8. The second-order valence-electron chi connectivity index (χ2n) is 6.44. The molecule has 1 atom stereocenters. The Morgan fingerprint density at radius 2 is 2.30 bits per heavy atom. The first-order chi connectivity index (χ1) is 11.3. The molecule has 2 aliphatic rings. The molecule has 1 unspecified atom stereocenters. The first-order valence-electron chi connectivity index (χ1n) is 8.34. The van der Waals surface area contributed by atoms with Gasteiger partial charge in [-0.2, -0.15) is 5.10 Å². The topological polar surface area (TPSA) is 54.5 Å². The van der Waals surface area contributed by atoms with Gasteiger partial charge >= 0.3 is 0 Å². The van der Waals surface area contributed by atoms with Gasteiger partial charge in [0, 0.05) is 38.8 Å². The average Bonchev–Trinajstić information content (AvgIpc) is 3.27. The fraction of sp³-hybridized carbons (Fsp3) is 0.529. The fourth-order valence-electron chi connectivity index (χ4n) is 3.67. The number of carbonyl (C=O) groups is 1. The van der Waals surface area contributed by atoms with E-state index in [2.05, 4.69) is 20.7 Å². The highest BCUT2D eigenvalue weighted by Gasteiger charge is 2.28. The van der Waals surface area contributed by atoms with Gasteiger partial charge in [-0.15, -0.1) is 0 Å². The minimum atomic E-state index is 0.300. The molecule has 0 N–H and O–H groups in total. The van der Waals surface area contributed by atoms with Crippen LogP contribution in [0.1, 0.15) is 36.8 Å². The molecule has 4 heterocycles. The third-order valence-corrected chi connectivity index (χ3v) is 4.82. The van der Waals surface area contributed by atoms with Crippen LogP contribution in [0.2, 0.25) is 0 Å². The van der Waals surface area contributed by atoms with Gasteiger partial charge in [0.25, 0.3) is 0 Å². The average molecular weight is 314 g/mol. The minimum Gasteiger partial charge on any atom is -0.468 e. The molecule has 1 saturated heterocycles. The van der Waals surface area contributed by atoms with Crippen molar-refractivity contribution >= 4 is 5.91 Å². The standard InChI is InChI=1S/C17H22N4O2/c22-17-4-1-8-20(17)9-6-15-12-19(13-16-3-2-10-23-16)11-14-5-7-18-21(14)15/h2-3,5,7,10,15H,1,4,6,8-9,11-13H2. The number of likely N-dealkylation sites (tertiary alicyclic amines) is 1. The number of fused-ring (bicyclic) bond motifs is 1. The molecule has 0 saturated carbocycles. The van der Waals surface area contributed by atoms with E-state index in [0.717, 1.165) is 51.3 Å². The molecule has 2 aromatic rings. The summed E-state index contributed by atoms with van der Waals surface area (Å²) in [4.78, 5) is 16.2. The zero-order valence-corrected chi connectivity index (χ0v) is 13.2. The van der Waals surface area contributed by atoms with Gasteiger partial charge in [0.2, 0.25) is 5.91 Å². The van der Waals surface area contributed by atoms with Crippen LogP contribution in [0.25, 0.3) is 0 Å². The fourth-order valence-corrected chi connectivity index (χ4v) is 3.67. The molecule has 0 bridgehead atoms. The van der Waals surface area contributed by atoms with Crippen LogP contribution < -0.4 is 0 Å². The van der Waals surface area contributed by atoms with Gasteiger partial charge in [-0.1, -0.05) is 0 Å². The van der Waals surface area contributed by atoms with E-state index in [1.807, 2.05) is 23.2 Å². The summed E-state index contributed by atoms with van der Waals surface area (Å²) in [5.41, 5.74) is 1.24. The zero-order valence-electron chi connectivity index (χ0n) is 13.2. The summed E-state index contributed by atoms with van der Waals surface area (Å²) in [6.45, 7) is 4.39. The van der Waals surface area contributed by atoms with Crippen LogP contribution in [0.5, 0.6) is 0 Å². The van der Waals surface area contributed by atoms with Crippen LogP contribution in [0.3, 0.4) is 0 Å². The SMILES string of the molecule is O=C1CCCN1CCC1CN(Cc2ccco2)Cc2ccnn21. The maximum Gasteiger partial charge on any atom is 0.222 e. The zero-order chi connectivity index (χ0) is 15.6. The first-order valence-corrected chi connectivity index (χ1v) is 8.34. The van der Waals surface area contributed by atoms with Gasteiger partial charge in [0.15, 0.2) is 0 Å². The van der Waals surface area contributed by atoms with Crippen LogP contribution in [-0.2, 0) is 17.9 Å². The lowest BCUT2D eigenvalue weighted by Gasteiger charge is -2.34. The Kier molecular flexibility index (Phi) is 3.91. The molecule has 0 aliphatic carbocycles. The van der Waals surface area contributed by atoms with E-state index in [1.54, 1.807) is 6.26 Å². The van der Waals surface area contributed by atoms with Crippen molar-refractivity contribution in [3.05, 3.63) is 42.1 Å². The molecule has 0 radical (unpaired) electrons. The largest absolute Gasteiger partial charge is 0.468 e. The minimum absolute atomic E-state index is 0.300. The summed E-state index contributed by atoms with van der Waals surface area (Å²) in [5.74, 6) is 1.29. The van der Waals surface area contributed by atoms with Crippen molar-refractivity contribution in [2.24, 2.45) is 0 Å². The maximum absolute atomic E-state index is 11.8. The van der Waals surface area contributed by atoms with Crippen molar-refractivity contribution in [1.29, 1.82) is 0 Å². The summed E-state index contributed by atoms with van der Waals surface area (Å²) in [5, 5.41) is 4.50.